The Morgan fingerprint density at radius 3 is 2.23 bits per heavy atom. The second-order valence-electron chi connectivity index (χ2n) is 2.66. The van der Waals surface area contributed by atoms with Gasteiger partial charge in [0, 0.05) is 5.56 Å². The largest absolute Gasteiger partial charge is 0.502 e. The lowest BCUT2D eigenvalue weighted by Crippen LogP contribution is -1.71. The van der Waals surface area contributed by atoms with Gasteiger partial charge in [-0.1, -0.05) is 30.3 Å². The number of benzene rings is 1. The second-order valence-corrected chi connectivity index (χ2v) is 2.66. The van der Waals surface area contributed by atoms with Crippen LogP contribution in [0.1, 0.15) is 0 Å². The molecular weight excluding hydrogens is 168 g/mol. The highest BCUT2D eigenvalue weighted by Gasteiger charge is 2.12. The first kappa shape index (κ1) is 7.73. The molecule has 0 radical (unpaired) electrons. The Morgan fingerprint density at radius 1 is 1.00 bits per heavy atom. The van der Waals surface area contributed by atoms with Crippen LogP contribution in [-0.2, 0) is 0 Å². The molecule has 0 bridgehead atoms. The zero-order valence-electron chi connectivity index (χ0n) is 6.77. The lowest BCUT2D eigenvalue weighted by atomic mass is 10.2. The minimum Gasteiger partial charge on any atom is -0.502 e. The maximum atomic E-state index is 9.35. The number of furan rings is 1. The molecule has 0 aliphatic rings. The third kappa shape index (κ3) is 1.24. The number of aromatic hydroxyl groups is 2. The fraction of sp³-hybridized carbons (Fsp3) is 0. The molecule has 1 heterocycles. The first-order chi connectivity index (χ1) is 6.29. The third-order valence-corrected chi connectivity index (χ3v) is 1.78. The Hall–Kier alpha value is -1.90. The van der Waals surface area contributed by atoms with Crippen LogP contribution in [0.3, 0.4) is 0 Å². The standard InChI is InChI=1S/C10H8O3/c11-8-6-13-10(9(8)12)7-4-2-1-3-5-7/h1-6,11-12H. The summed E-state index contributed by atoms with van der Waals surface area (Å²) in [5.41, 5.74) is 0.736. The monoisotopic (exact) mass is 176 g/mol. The van der Waals surface area contributed by atoms with E-state index in [1.165, 1.54) is 0 Å². The van der Waals surface area contributed by atoms with E-state index in [4.69, 9.17) is 9.52 Å². The molecule has 0 aliphatic heterocycles. The Morgan fingerprint density at radius 2 is 1.69 bits per heavy atom. The molecule has 0 fully saturated rings. The maximum Gasteiger partial charge on any atom is 0.205 e. The van der Waals surface area contributed by atoms with Crippen molar-refractivity contribution in [3.63, 3.8) is 0 Å². The molecule has 2 aromatic rings. The molecule has 0 saturated carbocycles. The first-order valence-corrected chi connectivity index (χ1v) is 3.84. The van der Waals surface area contributed by atoms with Gasteiger partial charge in [0.2, 0.25) is 5.75 Å². The van der Waals surface area contributed by atoms with Crippen molar-refractivity contribution < 1.29 is 14.6 Å². The summed E-state index contributed by atoms with van der Waals surface area (Å²) in [5.74, 6) is -0.164. The Kier molecular flexibility index (Phi) is 1.70. The van der Waals surface area contributed by atoms with Crippen LogP contribution in [0.25, 0.3) is 11.3 Å². The molecule has 66 valence electrons. The second kappa shape index (κ2) is 2.86. The summed E-state index contributed by atoms with van der Waals surface area (Å²) in [5, 5.41) is 18.4. The molecule has 2 N–H and O–H groups in total. The molecule has 1 aromatic carbocycles. The van der Waals surface area contributed by atoms with Gasteiger partial charge in [-0.05, 0) is 0 Å². The van der Waals surface area contributed by atoms with Crippen LogP contribution < -0.4 is 0 Å². The number of hydrogen-bond donors (Lipinski definition) is 2. The smallest absolute Gasteiger partial charge is 0.205 e. The fourth-order valence-corrected chi connectivity index (χ4v) is 1.14. The molecule has 1 aromatic heterocycles. The zero-order valence-corrected chi connectivity index (χ0v) is 6.77. The molecule has 3 nitrogen and oxygen atoms in total. The van der Waals surface area contributed by atoms with E-state index in [1.807, 2.05) is 18.2 Å². The van der Waals surface area contributed by atoms with Gasteiger partial charge in [-0.3, -0.25) is 0 Å². The normalized spacial score (nSPS) is 10.2. The average molecular weight is 176 g/mol. The molecular formula is C10H8O3. The van der Waals surface area contributed by atoms with Crippen molar-refractivity contribution in [3.8, 4) is 22.8 Å². The summed E-state index contributed by atoms with van der Waals surface area (Å²) in [7, 11) is 0. The van der Waals surface area contributed by atoms with Crippen LogP contribution in [0.15, 0.2) is 41.0 Å². The van der Waals surface area contributed by atoms with E-state index in [0.29, 0.717) is 0 Å². The molecule has 13 heavy (non-hydrogen) atoms. The van der Waals surface area contributed by atoms with Gasteiger partial charge < -0.3 is 14.6 Å². The van der Waals surface area contributed by atoms with E-state index >= 15 is 0 Å². The Labute approximate surface area is 74.9 Å². The number of rotatable bonds is 1. The van der Waals surface area contributed by atoms with E-state index in [9.17, 15) is 5.11 Å². The summed E-state index contributed by atoms with van der Waals surface area (Å²) < 4.78 is 4.98. The van der Waals surface area contributed by atoms with Crippen molar-refractivity contribution in [3.05, 3.63) is 36.6 Å². The predicted molar refractivity (Wildman–Crippen MR) is 47.5 cm³/mol. The molecule has 0 atom stereocenters. The van der Waals surface area contributed by atoms with E-state index in [0.717, 1.165) is 11.8 Å². The zero-order chi connectivity index (χ0) is 9.26. The van der Waals surface area contributed by atoms with Gasteiger partial charge in [0.05, 0.1) is 0 Å². The lowest BCUT2D eigenvalue weighted by molar-refractivity contribution is 0.408. The van der Waals surface area contributed by atoms with Crippen molar-refractivity contribution in [1.82, 2.24) is 0 Å². The van der Waals surface area contributed by atoms with Crippen molar-refractivity contribution >= 4 is 0 Å². The summed E-state index contributed by atoms with van der Waals surface area (Å²) in [6.45, 7) is 0. The van der Waals surface area contributed by atoms with Crippen LogP contribution in [0, 0.1) is 0 Å². The highest BCUT2D eigenvalue weighted by Crippen LogP contribution is 2.37. The molecule has 0 amide bonds. The minimum absolute atomic E-state index is 0.216. The predicted octanol–water partition coefficient (Wildman–Crippen LogP) is 2.36. The van der Waals surface area contributed by atoms with Crippen LogP contribution in [-0.4, -0.2) is 10.2 Å². The SMILES string of the molecule is Oc1coc(-c2ccccc2)c1O. The van der Waals surface area contributed by atoms with E-state index in [2.05, 4.69) is 0 Å². The molecule has 0 saturated heterocycles. The van der Waals surface area contributed by atoms with Gasteiger partial charge in [0.25, 0.3) is 0 Å². The van der Waals surface area contributed by atoms with E-state index in [-0.39, 0.29) is 17.3 Å². The van der Waals surface area contributed by atoms with Crippen LogP contribution in [0.5, 0.6) is 11.5 Å². The Bertz CT molecular complexity index is 403. The minimum atomic E-state index is -0.237. The lowest BCUT2D eigenvalue weighted by Gasteiger charge is -1.95. The van der Waals surface area contributed by atoms with Crippen LogP contribution in [0.4, 0.5) is 0 Å². The van der Waals surface area contributed by atoms with Gasteiger partial charge in [0.1, 0.15) is 6.26 Å². The van der Waals surface area contributed by atoms with Crippen molar-refractivity contribution in [2.24, 2.45) is 0 Å². The Balaban J connectivity index is 2.53. The number of hydrogen-bond acceptors (Lipinski definition) is 3. The maximum absolute atomic E-state index is 9.35. The van der Waals surface area contributed by atoms with Gasteiger partial charge in [-0.25, -0.2) is 0 Å². The van der Waals surface area contributed by atoms with Gasteiger partial charge in [0.15, 0.2) is 11.5 Å². The van der Waals surface area contributed by atoms with Crippen molar-refractivity contribution in [2.45, 2.75) is 0 Å². The highest BCUT2D eigenvalue weighted by molar-refractivity contribution is 5.67. The fourth-order valence-electron chi connectivity index (χ4n) is 1.14. The van der Waals surface area contributed by atoms with Gasteiger partial charge >= 0.3 is 0 Å². The molecule has 0 unspecified atom stereocenters. The molecule has 0 aliphatic carbocycles. The summed E-state index contributed by atoms with van der Waals surface area (Å²) in [6.07, 6.45) is 1.11. The van der Waals surface area contributed by atoms with E-state index in [1.54, 1.807) is 12.1 Å². The summed E-state index contributed by atoms with van der Waals surface area (Å²) in [6, 6.07) is 9.10. The van der Waals surface area contributed by atoms with Gasteiger partial charge in [-0.2, -0.15) is 0 Å². The third-order valence-electron chi connectivity index (χ3n) is 1.78. The van der Waals surface area contributed by atoms with Crippen molar-refractivity contribution in [1.29, 1.82) is 0 Å². The van der Waals surface area contributed by atoms with Gasteiger partial charge in [-0.15, -0.1) is 0 Å². The van der Waals surface area contributed by atoms with Crippen LogP contribution >= 0.6 is 0 Å². The van der Waals surface area contributed by atoms with E-state index < -0.39 is 0 Å². The molecule has 3 heteroatoms. The topological polar surface area (TPSA) is 53.6 Å². The average Bonchev–Trinajstić information content (AvgIpc) is 2.49. The quantitative estimate of drug-likeness (QED) is 0.701. The van der Waals surface area contributed by atoms with Crippen LogP contribution in [0.2, 0.25) is 0 Å². The van der Waals surface area contributed by atoms with Crippen molar-refractivity contribution in [2.75, 3.05) is 0 Å². The molecule has 2 rings (SSSR count). The first-order valence-electron chi connectivity index (χ1n) is 3.84. The summed E-state index contributed by atoms with van der Waals surface area (Å²) >= 11 is 0. The molecule has 0 spiro atoms. The summed E-state index contributed by atoms with van der Waals surface area (Å²) in [4.78, 5) is 0. The highest BCUT2D eigenvalue weighted by atomic mass is 16.4.